The van der Waals surface area contributed by atoms with Crippen molar-refractivity contribution in [3.8, 4) is 0 Å². The normalized spacial score (nSPS) is 14.5. The Labute approximate surface area is 179 Å². The second kappa shape index (κ2) is 9.71. The number of benzene rings is 1. The molecular formula is C19H31N3O6SSi. The third-order valence-corrected chi connectivity index (χ3v) is 11.1. The number of urea groups is 1. The SMILES string of the molecule is C=CC[C@H](NC(=O)NS(=O)(=O)c1ccc([N+](=O)[O-])cc1)[C@H](C)O[Si](C)(C)C(C)(C)C. The zero-order valence-corrected chi connectivity index (χ0v) is 20.1. The molecule has 0 fully saturated rings. The molecule has 0 aliphatic rings. The van der Waals surface area contributed by atoms with Crippen LogP contribution in [0.25, 0.3) is 0 Å². The average Bonchev–Trinajstić information content (AvgIpc) is 2.59. The molecule has 0 spiro atoms. The number of non-ortho nitro benzene ring substituents is 1. The molecule has 2 atom stereocenters. The van der Waals surface area contributed by atoms with Crippen molar-refractivity contribution in [3.05, 3.63) is 47.0 Å². The van der Waals surface area contributed by atoms with Crippen LogP contribution in [-0.4, -0.2) is 39.8 Å². The maximum atomic E-state index is 12.4. The lowest BCUT2D eigenvalue weighted by molar-refractivity contribution is -0.384. The minimum Gasteiger partial charge on any atom is -0.412 e. The molecule has 0 aromatic heterocycles. The highest BCUT2D eigenvalue weighted by atomic mass is 32.2. The summed E-state index contributed by atoms with van der Waals surface area (Å²) in [5.41, 5.74) is -0.249. The Balaban J connectivity index is 2.90. The standard InChI is InChI=1S/C19H31N3O6SSi/c1-8-9-17(14(2)28-30(6,7)19(3,4)5)20-18(23)21-29(26,27)16-12-10-15(11-13-16)22(24)25/h8,10-14,17H,1,9H2,2-7H3,(H2,20,21,23)/t14-,17-/m0/s1. The maximum Gasteiger partial charge on any atom is 0.329 e. The molecule has 2 N–H and O–H groups in total. The van der Waals surface area contributed by atoms with E-state index >= 15 is 0 Å². The van der Waals surface area contributed by atoms with Gasteiger partial charge in [0.1, 0.15) is 0 Å². The van der Waals surface area contributed by atoms with Gasteiger partial charge in [0.15, 0.2) is 8.32 Å². The van der Waals surface area contributed by atoms with Crippen LogP contribution in [0.4, 0.5) is 10.5 Å². The summed E-state index contributed by atoms with van der Waals surface area (Å²) in [5, 5.41) is 13.3. The van der Waals surface area contributed by atoms with Crippen LogP contribution in [0.15, 0.2) is 41.8 Å². The molecule has 2 amide bonds. The van der Waals surface area contributed by atoms with Crippen LogP contribution in [-0.2, 0) is 14.4 Å². The molecule has 1 aromatic carbocycles. The van der Waals surface area contributed by atoms with Crippen molar-refractivity contribution in [2.45, 2.75) is 69.3 Å². The van der Waals surface area contributed by atoms with E-state index in [1.165, 1.54) is 0 Å². The molecule has 30 heavy (non-hydrogen) atoms. The first-order valence-electron chi connectivity index (χ1n) is 9.47. The molecule has 11 heteroatoms. The number of nitrogens with one attached hydrogen (secondary N) is 2. The van der Waals surface area contributed by atoms with Crippen molar-refractivity contribution < 1.29 is 22.6 Å². The molecule has 0 saturated heterocycles. The van der Waals surface area contributed by atoms with Gasteiger partial charge in [-0.2, -0.15) is 0 Å². The summed E-state index contributed by atoms with van der Waals surface area (Å²) in [6.07, 6.45) is 1.65. The van der Waals surface area contributed by atoms with E-state index in [0.29, 0.717) is 6.42 Å². The van der Waals surface area contributed by atoms with E-state index in [4.69, 9.17) is 4.43 Å². The highest BCUT2D eigenvalue weighted by Crippen LogP contribution is 2.37. The first-order chi connectivity index (χ1) is 13.6. The topological polar surface area (TPSA) is 128 Å². The van der Waals surface area contributed by atoms with Gasteiger partial charge in [0, 0.05) is 12.1 Å². The minimum absolute atomic E-state index is 0.0263. The van der Waals surface area contributed by atoms with Gasteiger partial charge in [0.05, 0.1) is 22.0 Å². The lowest BCUT2D eigenvalue weighted by Gasteiger charge is -2.40. The number of hydrogen-bond donors (Lipinski definition) is 2. The van der Waals surface area contributed by atoms with Crippen LogP contribution in [0.5, 0.6) is 0 Å². The second-order valence-electron chi connectivity index (χ2n) is 8.54. The van der Waals surface area contributed by atoms with Gasteiger partial charge in [-0.3, -0.25) is 10.1 Å². The molecule has 0 aliphatic carbocycles. The summed E-state index contributed by atoms with van der Waals surface area (Å²) in [5.74, 6) is 0. The Morgan fingerprint density at radius 2 is 1.83 bits per heavy atom. The smallest absolute Gasteiger partial charge is 0.329 e. The lowest BCUT2D eigenvalue weighted by Crippen LogP contribution is -2.53. The Kier molecular flexibility index (Phi) is 8.35. The third kappa shape index (κ3) is 6.92. The van der Waals surface area contributed by atoms with Crippen LogP contribution < -0.4 is 10.0 Å². The first-order valence-corrected chi connectivity index (χ1v) is 13.9. The fraction of sp³-hybridized carbons (Fsp3) is 0.526. The predicted octanol–water partition coefficient (Wildman–Crippen LogP) is 3.94. The van der Waals surface area contributed by atoms with Gasteiger partial charge in [-0.15, -0.1) is 6.58 Å². The van der Waals surface area contributed by atoms with Gasteiger partial charge < -0.3 is 9.74 Å². The van der Waals surface area contributed by atoms with Crippen molar-refractivity contribution in [1.82, 2.24) is 10.0 Å². The van der Waals surface area contributed by atoms with Gasteiger partial charge in [-0.1, -0.05) is 26.8 Å². The largest absolute Gasteiger partial charge is 0.412 e. The number of nitro groups is 1. The molecule has 0 bridgehead atoms. The number of nitro benzene ring substituents is 1. The van der Waals surface area contributed by atoms with Crippen LogP contribution in [0.1, 0.15) is 34.1 Å². The zero-order chi connectivity index (χ0) is 23.3. The molecule has 0 saturated carbocycles. The lowest BCUT2D eigenvalue weighted by atomic mass is 10.1. The predicted molar refractivity (Wildman–Crippen MR) is 118 cm³/mol. The van der Waals surface area contributed by atoms with Gasteiger partial charge in [0.2, 0.25) is 0 Å². The quantitative estimate of drug-likeness (QED) is 0.250. The Bertz CT molecular complexity index is 879. The molecule has 0 heterocycles. The monoisotopic (exact) mass is 457 g/mol. The summed E-state index contributed by atoms with van der Waals surface area (Å²) < 4.78 is 33.0. The summed E-state index contributed by atoms with van der Waals surface area (Å²) in [6.45, 7) is 16.0. The van der Waals surface area contributed by atoms with Crippen molar-refractivity contribution in [2.24, 2.45) is 0 Å². The molecule has 1 rings (SSSR count). The van der Waals surface area contributed by atoms with E-state index in [1.807, 2.05) is 11.6 Å². The highest BCUT2D eigenvalue weighted by Gasteiger charge is 2.39. The van der Waals surface area contributed by atoms with Crippen LogP contribution in [0.2, 0.25) is 18.1 Å². The van der Waals surface area contributed by atoms with Crippen LogP contribution in [0, 0.1) is 10.1 Å². The summed E-state index contributed by atoms with van der Waals surface area (Å²) in [4.78, 5) is 22.2. The zero-order valence-electron chi connectivity index (χ0n) is 18.3. The number of sulfonamides is 1. The second-order valence-corrected chi connectivity index (χ2v) is 15.0. The summed E-state index contributed by atoms with van der Waals surface area (Å²) in [7, 11) is -6.29. The Hall–Kier alpha value is -2.24. The molecule has 1 aromatic rings. The number of hydrogen-bond acceptors (Lipinski definition) is 6. The average molecular weight is 458 g/mol. The van der Waals surface area contributed by atoms with Crippen molar-refractivity contribution in [1.29, 1.82) is 0 Å². The molecule has 0 radical (unpaired) electrons. The third-order valence-electron chi connectivity index (χ3n) is 5.18. The number of nitrogens with zero attached hydrogens (tertiary/aromatic N) is 1. The van der Waals surface area contributed by atoms with Crippen LogP contribution in [0.3, 0.4) is 0 Å². The molecule has 0 aliphatic heterocycles. The number of amides is 2. The number of carbonyl (C=O) groups is 1. The van der Waals surface area contributed by atoms with Crippen molar-refractivity contribution in [2.75, 3.05) is 0 Å². The minimum atomic E-state index is -4.19. The van der Waals surface area contributed by atoms with Crippen LogP contribution >= 0.6 is 0 Å². The van der Waals surface area contributed by atoms with E-state index in [1.54, 1.807) is 6.08 Å². The molecular weight excluding hydrogens is 426 g/mol. The molecule has 9 nitrogen and oxygen atoms in total. The van der Waals surface area contributed by atoms with Crippen molar-refractivity contribution in [3.63, 3.8) is 0 Å². The number of rotatable bonds is 9. The van der Waals surface area contributed by atoms with E-state index in [2.05, 4.69) is 45.8 Å². The van der Waals surface area contributed by atoms with E-state index < -0.39 is 35.3 Å². The maximum absolute atomic E-state index is 12.4. The highest BCUT2D eigenvalue weighted by molar-refractivity contribution is 7.90. The molecule has 168 valence electrons. The summed E-state index contributed by atoms with van der Waals surface area (Å²) in [6, 6.07) is 2.86. The first kappa shape index (κ1) is 25.8. The van der Waals surface area contributed by atoms with Gasteiger partial charge in [0.25, 0.3) is 15.7 Å². The summed E-state index contributed by atoms with van der Waals surface area (Å²) >= 11 is 0. The van der Waals surface area contributed by atoms with Gasteiger partial charge in [-0.25, -0.2) is 17.9 Å². The Morgan fingerprint density at radius 1 is 1.30 bits per heavy atom. The Morgan fingerprint density at radius 3 is 2.27 bits per heavy atom. The van der Waals surface area contributed by atoms with E-state index in [9.17, 15) is 23.3 Å². The van der Waals surface area contributed by atoms with Gasteiger partial charge >= 0.3 is 6.03 Å². The fourth-order valence-corrected chi connectivity index (χ4v) is 4.76. The number of carbonyl (C=O) groups excluding carboxylic acids is 1. The fourth-order valence-electron chi connectivity index (χ4n) is 2.40. The molecule has 0 unspecified atom stereocenters. The van der Waals surface area contributed by atoms with Crippen molar-refractivity contribution >= 4 is 30.1 Å². The van der Waals surface area contributed by atoms with E-state index in [0.717, 1.165) is 24.3 Å². The van der Waals surface area contributed by atoms with Gasteiger partial charge in [-0.05, 0) is 43.6 Å². The van der Waals surface area contributed by atoms with E-state index in [-0.39, 0.29) is 21.7 Å².